The van der Waals surface area contributed by atoms with Crippen LogP contribution < -0.4 is 0 Å². The van der Waals surface area contributed by atoms with Crippen LogP contribution in [0.4, 0.5) is 0 Å². The highest BCUT2D eigenvalue weighted by molar-refractivity contribution is 5.71. The average molecular weight is 236 g/mol. The van der Waals surface area contributed by atoms with Gasteiger partial charge >= 0.3 is 5.97 Å². The van der Waals surface area contributed by atoms with E-state index >= 15 is 0 Å². The summed E-state index contributed by atoms with van der Waals surface area (Å²) in [5.74, 6) is 0.400. The summed E-state index contributed by atoms with van der Waals surface area (Å²) in [7, 11) is 0. The van der Waals surface area contributed by atoms with Gasteiger partial charge in [-0.2, -0.15) is 0 Å². The van der Waals surface area contributed by atoms with E-state index < -0.39 is 0 Å². The van der Waals surface area contributed by atoms with Gasteiger partial charge in [0.1, 0.15) is 0 Å². The number of hydrogen-bond acceptors (Lipinski definition) is 2. The fourth-order valence-electron chi connectivity index (χ4n) is 3.77. The van der Waals surface area contributed by atoms with Crippen LogP contribution in [-0.4, -0.2) is 12.1 Å². The zero-order valence-electron chi connectivity index (χ0n) is 11.5. The zero-order chi connectivity index (χ0) is 12.6. The minimum atomic E-state index is -0.0181. The van der Waals surface area contributed by atoms with Crippen molar-refractivity contribution >= 4 is 5.97 Å². The highest BCUT2D eigenvalue weighted by atomic mass is 16.5. The second-order valence-corrected chi connectivity index (χ2v) is 6.37. The van der Waals surface area contributed by atoms with Gasteiger partial charge in [-0.3, -0.25) is 4.79 Å². The summed E-state index contributed by atoms with van der Waals surface area (Å²) in [6.45, 7) is 8.92. The maximum atomic E-state index is 11.6. The largest absolute Gasteiger partial charge is 0.463 e. The number of allylic oxidation sites excluding steroid dienone is 2. The summed E-state index contributed by atoms with van der Waals surface area (Å²) in [4.78, 5) is 11.6. The molecule has 96 valence electrons. The standard InChI is InChI=1S/C15H24O2/c1-10-6-5-7-15(3,4)14(10)12-8-11(2)17-13(16)9-12/h11-12H,5-9H2,1-4H3/t11-,12+/m0/s1. The van der Waals surface area contributed by atoms with Crippen LogP contribution in [0.1, 0.15) is 59.8 Å². The summed E-state index contributed by atoms with van der Waals surface area (Å²) in [6, 6.07) is 0. The molecule has 1 aliphatic carbocycles. The molecule has 1 aliphatic heterocycles. The monoisotopic (exact) mass is 236 g/mol. The lowest BCUT2D eigenvalue weighted by atomic mass is 9.66. The number of esters is 1. The number of cyclic esters (lactones) is 1. The number of rotatable bonds is 1. The van der Waals surface area contributed by atoms with Crippen molar-refractivity contribution in [1.29, 1.82) is 0 Å². The minimum absolute atomic E-state index is 0.0181. The van der Waals surface area contributed by atoms with Gasteiger partial charge in [0.2, 0.25) is 0 Å². The summed E-state index contributed by atoms with van der Waals surface area (Å²) in [5, 5.41) is 0. The molecular weight excluding hydrogens is 212 g/mol. The van der Waals surface area contributed by atoms with E-state index in [9.17, 15) is 4.79 Å². The normalized spacial score (nSPS) is 33.5. The maximum Gasteiger partial charge on any atom is 0.306 e. The first-order valence-corrected chi connectivity index (χ1v) is 6.80. The number of ether oxygens (including phenoxy) is 1. The Bertz CT molecular complexity index is 352. The Morgan fingerprint density at radius 2 is 2.06 bits per heavy atom. The van der Waals surface area contributed by atoms with Crippen LogP contribution in [0.15, 0.2) is 11.1 Å². The minimum Gasteiger partial charge on any atom is -0.463 e. The van der Waals surface area contributed by atoms with Crippen molar-refractivity contribution < 1.29 is 9.53 Å². The quantitative estimate of drug-likeness (QED) is 0.510. The molecule has 2 aliphatic rings. The molecule has 17 heavy (non-hydrogen) atoms. The van der Waals surface area contributed by atoms with E-state index in [0.717, 1.165) is 6.42 Å². The fraction of sp³-hybridized carbons (Fsp3) is 0.800. The van der Waals surface area contributed by atoms with Crippen LogP contribution in [0.2, 0.25) is 0 Å². The molecule has 2 atom stereocenters. The molecule has 0 aromatic rings. The Kier molecular flexibility index (Phi) is 3.33. The molecule has 0 bridgehead atoms. The second kappa shape index (κ2) is 4.47. The highest BCUT2D eigenvalue weighted by Crippen LogP contribution is 2.47. The van der Waals surface area contributed by atoms with E-state index in [1.807, 2.05) is 6.92 Å². The first-order chi connectivity index (χ1) is 7.90. The molecule has 2 heteroatoms. The Hall–Kier alpha value is -0.790. The first-order valence-electron chi connectivity index (χ1n) is 6.80. The SMILES string of the molecule is CC1=C([C@H]2CC(=O)O[C@@H](C)C2)C(C)(C)CCC1. The Labute approximate surface area is 104 Å². The Morgan fingerprint density at radius 3 is 2.65 bits per heavy atom. The number of carbonyl (C=O) groups is 1. The highest BCUT2D eigenvalue weighted by Gasteiger charge is 2.37. The summed E-state index contributed by atoms with van der Waals surface area (Å²) < 4.78 is 5.25. The number of hydrogen-bond donors (Lipinski definition) is 0. The Morgan fingerprint density at radius 1 is 1.35 bits per heavy atom. The van der Waals surface area contributed by atoms with Gasteiger partial charge in [0.05, 0.1) is 12.5 Å². The summed E-state index contributed by atoms with van der Waals surface area (Å²) in [5.41, 5.74) is 3.34. The van der Waals surface area contributed by atoms with Gasteiger partial charge < -0.3 is 4.74 Å². The van der Waals surface area contributed by atoms with Crippen molar-refractivity contribution in [2.45, 2.75) is 65.9 Å². The molecule has 0 unspecified atom stereocenters. The zero-order valence-corrected chi connectivity index (χ0v) is 11.5. The second-order valence-electron chi connectivity index (χ2n) is 6.37. The van der Waals surface area contributed by atoms with Gasteiger partial charge in [-0.05, 0) is 50.9 Å². The molecule has 1 heterocycles. The van der Waals surface area contributed by atoms with E-state index in [2.05, 4.69) is 20.8 Å². The van der Waals surface area contributed by atoms with Gasteiger partial charge in [0, 0.05) is 0 Å². The molecule has 2 rings (SSSR count). The molecule has 1 saturated heterocycles. The lowest BCUT2D eigenvalue weighted by Crippen LogP contribution is -2.34. The van der Waals surface area contributed by atoms with Crippen molar-refractivity contribution in [2.24, 2.45) is 11.3 Å². The molecule has 0 aromatic heterocycles. The van der Waals surface area contributed by atoms with Gasteiger partial charge in [-0.1, -0.05) is 25.0 Å². The van der Waals surface area contributed by atoms with Crippen LogP contribution in [0.25, 0.3) is 0 Å². The van der Waals surface area contributed by atoms with Gasteiger partial charge in [0.15, 0.2) is 0 Å². The molecule has 1 fully saturated rings. The van der Waals surface area contributed by atoms with Gasteiger partial charge in [-0.25, -0.2) is 0 Å². The van der Waals surface area contributed by atoms with Crippen LogP contribution in [0, 0.1) is 11.3 Å². The topological polar surface area (TPSA) is 26.3 Å². The molecule has 0 N–H and O–H groups in total. The molecule has 0 spiro atoms. The third-order valence-electron chi connectivity index (χ3n) is 4.31. The Balaban J connectivity index is 2.28. The lowest BCUT2D eigenvalue weighted by molar-refractivity contribution is -0.154. The van der Waals surface area contributed by atoms with Crippen molar-refractivity contribution in [3.8, 4) is 0 Å². The summed E-state index contributed by atoms with van der Waals surface area (Å²) >= 11 is 0. The summed E-state index contributed by atoms with van der Waals surface area (Å²) in [6.07, 6.45) is 5.41. The van der Waals surface area contributed by atoms with E-state index in [-0.39, 0.29) is 17.5 Å². The molecule has 2 nitrogen and oxygen atoms in total. The molecule has 0 aromatic carbocycles. The van der Waals surface area contributed by atoms with E-state index in [0.29, 0.717) is 12.3 Å². The van der Waals surface area contributed by atoms with Crippen LogP contribution in [0.5, 0.6) is 0 Å². The van der Waals surface area contributed by atoms with Crippen molar-refractivity contribution in [3.63, 3.8) is 0 Å². The lowest BCUT2D eigenvalue weighted by Gasteiger charge is -2.41. The molecule has 0 radical (unpaired) electrons. The van der Waals surface area contributed by atoms with Crippen molar-refractivity contribution in [2.75, 3.05) is 0 Å². The third-order valence-corrected chi connectivity index (χ3v) is 4.31. The smallest absolute Gasteiger partial charge is 0.306 e. The van der Waals surface area contributed by atoms with E-state index in [1.54, 1.807) is 5.57 Å². The van der Waals surface area contributed by atoms with E-state index in [4.69, 9.17) is 4.74 Å². The van der Waals surface area contributed by atoms with Gasteiger partial charge in [0.25, 0.3) is 0 Å². The van der Waals surface area contributed by atoms with Crippen molar-refractivity contribution in [3.05, 3.63) is 11.1 Å². The maximum absolute atomic E-state index is 11.6. The first kappa shape index (κ1) is 12.7. The van der Waals surface area contributed by atoms with Crippen LogP contribution >= 0.6 is 0 Å². The molecule has 0 amide bonds. The third kappa shape index (κ3) is 2.56. The molecule has 0 saturated carbocycles. The predicted octanol–water partition coefficient (Wildman–Crippen LogP) is 3.85. The average Bonchev–Trinajstić information content (AvgIpc) is 2.13. The van der Waals surface area contributed by atoms with Crippen molar-refractivity contribution in [1.82, 2.24) is 0 Å². The predicted molar refractivity (Wildman–Crippen MR) is 68.6 cm³/mol. The van der Waals surface area contributed by atoms with E-state index in [1.165, 1.54) is 24.8 Å². The van der Waals surface area contributed by atoms with Crippen LogP contribution in [-0.2, 0) is 9.53 Å². The fourth-order valence-corrected chi connectivity index (χ4v) is 3.77. The van der Waals surface area contributed by atoms with Gasteiger partial charge in [-0.15, -0.1) is 0 Å². The van der Waals surface area contributed by atoms with Crippen LogP contribution in [0.3, 0.4) is 0 Å². The number of carbonyl (C=O) groups excluding carboxylic acids is 1. The molecular formula is C15H24O2.